The number of carbonyl (C=O) groups excluding carboxylic acids is 1. The Hall–Kier alpha value is -4.00. The Balaban J connectivity index is 1.71. The van der Waals surface area contributed by atoms with Gasteiger partial charge in [-0.3, -0.25) is 4.79 Å². The number of aromatic nitrogens is 4. The summed E-state index contributed by atoms with van der Waals surface area (Å²) >= 11 is 0. The molecular weight excluding hydrogens is 378 g/mol. The van der Waals surface area contributed by atoms with E-state index in [1.165, 1.54) is 0 Å². The average molecular weight is 397 g/mol. The summed E-state index contributed by atoms with van der Waals surface area (Å²) in [5.74, 6) is 1.26. The lowest BCUT2D eigenvalue weighted by molar-refractivity contribution is 0.0690. The smallest absolute Gasteiger partial charge is 0.257 e. The van der Waals surface area contributed by atoms with Crippen molar-refractivity contribution in [2.45, 2.75) is 12.6 Å². The van der Waals surface area contributed by atoms with Crippen molar-refractivity contribution >= 4 is 5.91 Å². The van der Waals surface area contributed by atoms with E-state index in [4.69, 9.17) is 4.74 Å². The lowest BCUT2D eigenvalue weighted by Gasteiger charge is -2.29. The summed E-state index contributed by atoms with van der Waals surface area (Å²) in [4.78, 5) is 15.6. The highest BCUT2D eigenvalue weighted by molar-refractivity contribution is 5.98. The van der Waals surface area contributed by atoms with Crippen LogP contribution < -0.4 is 4.74 Å². The Kier molecular flexibility index (Phi) is 4.48. The van der Waals surface area contributed by atoms with Gasteiger partial charge in [0.1, 0.15) is 11.8 Å². The zero-order valence-electron chi connectivity index (χ0n) is 16.3. The van der Waals surface area contributed by atoms with Gasteiger partial charge in [0.05, 0.1) is 18.4 Å². The summed E-state index contributed by atoms with van der Waals surface area (Å²) in [7, 11) is 1.63. The van der Waals surface area contributed by atoms with Gasteiger partial charge in [-0.1, -0.05) is 54.6 Å². The van der Waals surface area contributed by atoms with Gasteiger partial charge in [-0.2, -0.15) is 4.68 Å². The predicted octanol–water partition coefficient (Wildman–Crippen LogP) is 3.42. The second-order valence-electron chi connectivity index (χ2n) is 7.06. The first-order valence-electron chi connectivity index (χ1n) is 9.63. The van der Waals surface area contributed by atoms with Gasteiger partial charge < -0.3 is 9.64 Å². The standard InChI is InChI=1S/C23H19N5O2/c1-30-18-13-11-17(12-14-18)21-22-24-25-26-28(22)20-10-6-5-9-19(20)23(29)27(21)15-16-7-3-2-4-8-16/h2-14,21H,15H2,1H3. The zero-order valence-corrected chi connectivity index (χ0v) is 16.3. The van der Waals surface area contributed by atoms with Crippen LogP contribution in [0.1, 0.15) is 33.4 Å². The van der Waals surface area contributed by atoms with Crippen LogP contribution in [0.25, 0.3) is 5.69 Å². The molecule has 1 aliphatic heterocycles. The third-order valence-corrected chi connectivity index (χ3v) is 5.30. The second kappa shape index (κ2) is 7.44. The van der Waals surface area contributed by atoms with Crippen molar-refractivity contribution < 1.29 is 9.53 Å². The Morgan fingerprint density at radius 1 is 0.933 bits per heavy atom. The van der Waals surface area contributed by atoms with Crippen LogP contribution >= 0.6 is 0 Å². The number of rotatable bonds is 4. The van der Waals surface area contributed by atoms with Crippen molar-refractivity contribution in [3.05, 3.63) is 101 Å². The van der Waals surface area contributed by atoms with Gasteiger partial charge in [-0.15, -0.1) is 5.10 Å². The van der Waals surface area contributed by atoms with E-state index in [9.17, 15) is 4.79 Å². The largest absolute Gasteiger partial charge is 0.497 e. The number of carbonyl (C=O) groups is 1. The highest BCUT2D eigenvalue weighted by Gasteiger charge is 2.37. The van der Waals surface area contributed by atoms with Crippen LogP contribution in [0.5, 0.6) is 5.75 Å². The molecule has 0 fully saturated rings. The number of hydrogen-bond acceptors (Lipinski definition) is 5. The van der Waals surface area contributed by atoms with E-state index < -0.39 is 6.04 Å². The maximum atomic E-state index is 13.7. The SMILES string of the molecule is COc1ccc(C2c3nnnn3-c3ccccc3C(=O)N2Cc2ccccc2)cc1. The van der Waals surface area contributed by atoms with Gasteiger partial charge in [0.2, 0.25) is 0 Å². The van der Waals surface area contributed by atoms with Crippen molar-refractivity contribution in [2.75, 3.05) is 7.11 Å². The number of tetrazole rings is 1. The molecule has 5 rings (SSSR count). The van der Waals surface area contributed by atoms with Gasteiger partial charge in [-0.25, -0.2) is 0 Å². The number of para-hydroxylation sites is 1. The van der Waals surface area contributed by atoms with Crippen molar-refractivity contribution in [3.8, 4) is 11.4 Å². The summed E-state index contributed by atoms with van der Waals surface area (Å²) in [5.41, 5.74) is 3.18. The van der Waals surface area contributed by atoms with E-state index >= 15 is 0 Å². The van der Waals surface area contributed by atoms with Crippen molar-refractivity contribution in [2.24, 2.45) is 0 Å². The maximum Gasteiger partial charge on any atom is 0.257 e. The van der Waals surface area contributed by atoms with Gasteiger partial charge in [0.15, 0.2) is 5.82 Å². The summed E-state index contributed by atoms with van der Waals surface area (Å²) in [6.45, 7) is 0.428. The van der Waals surface area contributed by atoms with Crippen molar-refractivity contribution in [1.29, 1.82) is 0 Å². The molecule has 2 heterocycles. The van der Waals surface area contributed by atoms with Crippen molar-refractivity contribution in [1.82, 2.24) is 25.1 Å². The van der Waals surface area contributed by atoms with Crippen LogP contribution in [0.4, 0.5) is 0 Å². The molecule has 0 saturated carbocycles. The number of fused-ring (bicyclic) bond motifs is 3. The van der Waals surface area contributed by atoms with Crippen LogP contribution in [0.3, 0.4) is 0 Å². The lowest BCUT2D eigenvalue weighted by Crippen LogP contribution is -2.34. The third-order valence-electron chi connectivity index (χ3n) is 5.30. The average Bonchev–Trinajstić information content (AvgIpc) is 3.25. The molecule has 0 spiro atoms. The molecule has 148 valence electrons. The fourth-order valence-electron chi connectivity index (χ4n) is 3.85. The van der Waals surface area contributed by atoms with Crippen LogP contribution in [0.15, 0.2) is 78.9 Å². The highest BCUT2D eigenvalue weighted by atomic mass is 16.5. The minimum Gasteiger partial charge on any atom is -0.497 e. The molecule has 0 aliphatic carbocycles. The summed E-state index contributed by atoms with van der Waals surface area (Å²) in [6, 6.07) is 24.6. The molecule has 1 amide bonds. The molecule has 1 atom stereocenters. The number of amides is 1. The summed E-state index contributed by atoms with van der Waals surface area (Å²) in [5, 5.41) is 12.4. The van der Waals surface area contributed by atoms with E-state index in [1.807, 2.05) is 83.8 Å². The molecular formula is C23H19N5O2. The molecule has 0 radical (unpaired) electrons. The van der Waals surface area contributed by atoms with Gasteiger partial charge in [-0.05, 0) is 45.8 Å². The maximum absolute atomic E-state index is 13.7. The minimum atomic E-state index is -0.453. The molecule has 0 N–H and O–H groups in total. The Morgan fingerprint density at radius 3 is 2.43 bits per heavy atom. The Morgan fingerprint density at radius 2 is 1.67 bits per heavy atom. The fourth-order valence-corrected chi connectivity index (χ4v) is 3.85. The molecule has 7 heteroatoms. The fraction of sp³-hybridized carbons (Fsp3) is 0.130. The zero-order chi connectivity index (χ0) is 20.5. The van der Waals surface area contributed by atoms with Gasteiger partial charge in [0.25, 0.3) is 5.91 Å². The molecule has 1 aromatic heterocycles. The number of methoxy groups -OCH3 is 1. The van der Waals surface area contributed by atoms with E-state index in [-0.39, 0.29) is 5.91 Å². The molecule has 7 nitrogen and oxygen atoms in total. The quantitative estimate of drug-likeness (QED) is 0.528. The van der Waals surface area contributed by atoms with Crippen LogP contribution in [0.2, 0.25) is 0 Å². The van der Waals surface area contributed by atoms with E-state index in [2.05, 4.69) is 15.5 Å². The first-order valence-corrected chi connectivity index (χ1v) is 9.63. The first kappa shape index (κ1) is 18.1. The monoisotopic (exact) mass is 397 g/mol. The van der Waals surface area contributed by atoms with Gasteiger partial charge >= 0.3 is 0 Å². The molecule has 0 bridgehead atoms. The first-order chi connectivity index (χ1) is 14.8. The molecule has 0 saturated heterocycles. The number of hydrogen-bond donors (Lipinski definition) is 0. The van der Waals surface area contributed by atoms with Crippen LogP contribution in [-0.4, -0.2) is 38.1 Å². The molecule has 1 aliphatic rings. The van der Waals surface area contributed by atoms with E-state index in [0.717, 1.165) is 16.9 Å². The number of nitrogens with zero attached hydrogens (tertiary/aromatic N) is 5. The van der Waals surface area contributed by atoms with E-state index in [1.54, 1.807) is 11.8 Å². The topological polar surface area (TPSA) is 73.1 Å². The van der Waals surface area contributed by atoms with Crippen LogP contribution in [-0.2, 0) is 6.54 Å². The minimum absolute atomic E-state index is 0.0810. The molecule has 30 heavy (non-hydrogen) atoms. The molecule has 3 aromatic carbocycles. The summed E-state index contributed by atoms with van der Waals surface area (Å²) in [6.07, 6.45) is 0. The highest BCUT2D eigenvalue weighted by Crippen LogP contribution is 2.35. The van der Waals surface area contributed by atoms with E-state index in [0.29, 0.717) is 23.6 Å². The summed E-state index contributed by atoms with van der Waals surface area (Å²) < 4.78 is 6.96. The number of ether oxygens (including phenoxy) is 1. The lowest BCUT2D eigenvalue weighted by atomic mass is 10.0. The van der Waals surface area contributed by atoms with Crippen molar-refractivity contribution in [3.63, 3.8) is 0 Å². The number of benzene rings is 3. The molecule has 1 unspecified atom stereocenters. The molecule has 4 aromatic rings. The van der Waals surface area contributed by atoms with Gasteiger partial charge in [0, 0.05) is 6.54 Å². The Labute approximate surface area is 173 Å². The predicted molar refractivity (Wildman–Crippen MR) is 110 cm³/mol. The normalized spacial score (nSPS) is 15.3. The van der Waals surface area contributed by atoms with Crippen LogP contribution in [0, 0.1) is 0 Å². The Bertz CT molecular complexity index is 1190. The third kappa shape index (κ3) is 3.00. The second-order valence-corrected chi connectivity index (χ2v) is 7.06.